The first-order chi connectivity index (χ1) is 29.6. The van der Waals surface area contributed by atoms with Crippen LogP contribution in [-0.4, -0.2) is 26.4 Å². The Morgan fingerprint density at radius 3 is 0.883 bits per heavy atom. The second-order valence-electron chi connectivity index (χ2n) is 16.8. The summed E-state index contributed by atoms with van der Waals surface area (Å²) in [6.07, 6.45) is 27.2. The van der Waals surface area contributed by atoms with E-state index in [-0.39, 0.29) is 0 Å². The van der Waals surface area contributed by atoms with Gasteiger partial charge < -0.3 is 18.9 Å². The van der Waals surface area contributed by atoms with E-state index >= 15 is 0 Å². The van der Waals surface area contributed by atoms with Gasteiger partial charge in [-0.15, -0.1) is 0 Å². The average Bonchev–Trinajstić information content (AvgIpc) is 3.26. The van der Waals surface area contributed by atoms with Crippen LogP contribution in [0.5, 0.6) is 23.0 Å². The van der Waals surface area contributed by atoms with Crippen LogP contribution in [0.25, 0.3) is 32.3 Å². The second-order valence-corrected chi connectivity index (χ2v) is 16.8. The average molecular weight is 817 g/mol. The summed E-state index contributed by atoms with van der Waals surface area (Å²) in [5, 5.41) is 6.84. The van der Waals surface area contributed by atoms with E-state index in [9.17, 15) is 0 Å². The second kappa shape index (κ2) is 29.3. The van der Waals surface area contributed by atoms with Gasteiger partial charge in [0.2, 0.25) is 0 Å². The Hall–Kier alpha value is -4.02. The molecular weight excluding hydrogens is 737 g/mol. The lowest BCUT2D eigenvalue weighted by Crippen LogP contribution is -2.04. The first-order valence-corrected chi connectivity index (χ1v) is 24.6. The minimum absolute atomic E-state index is 0.671. The first-order valence-electron chi connectivity index (χ1n) is 24.6. The fourth-order valence-electron chi connectivity index (χ4n) is 7.80. The van der Waals surface area contributed by atoms with Gasteiger partial charge in [0, 0.05) is 12.8 Å². The van der Waals surface area contributed by atoms with Gasteiger partial charge in [-0.25, -0.2) is 0 Å². The van der Waals surface area contributed by atoms with Crippen LogP contribution in [0.1, 0.15) is 207 Å². The van der Waals surface area contributed by atoms with Crippen LogP contribution in [0.3, 0.4) is 0 Å². The molecule has 0 saturated heterocycles. The molecule has 0 aliphatic heterocycles. The number of benzene rings is 4. The third-order valence-electron chi connectivity index (χ3n) is 11.5. The van der Waals surface area contributed by atoms with Crippen molar-refractivity contribution in [2.45, 2.75) is 196 Å². The van der Waals surface area contributed by atoms with Crippen molar-refractivity contribution in [3.05, 3.63) is 47.5 Å². The SMILES string of the molecule is CCCCCC#Cc1cc2c(cc1OCCCCCC)c1cc(OCCCCCC)c(C#CCCCCC)cc1c1cc(OCCCCCC)c(OCCCCCC)cc21. The van der Waals surface area contributed by atoms with E-state index in [1.165, 1.54) is 89.9 Å². The van der Waals surface area contributed by atoms with Crippen molar-refractivity contribution in [2.24, 2.45) is 0 Å². The summed E-state index contributed by atoms with van der Waals surface area (Å²) < 4.78 is 26.7. The molecule has 4 aromatic rings. The summed E-state index contributed by atoms with van der Waals surface area (Å²) in [4.78, 5) is 0. The van der Waals surface area contributed by atoms with Gasteiger partial charge in [-0.3, -0.25) is 0 Å². The summed E-state index contributed by atoms with van der Waals surface area (Å²) >= 11 is 0. The van der Waals surface area contributed by atoms with Crippen LogP contribution < -0.4 is 18.9 Å². The summed E-state index contributed by atoms with van der Waals surface area (Å²) in [5.41, 5.74) is 1.91. The summed E-state index contributed by atoms with van der Waals surface area (Å²) in [6, 6.07) is 13.6. The predicted molar refractivity (Wildman–Crippen MR) is 260 cm³/mol. The van der Waals surface area contributed by atoms with Crippen molar-refractivity contribution in [3.63, 3.8) is 0 Å². The van der Waals surface area contributed by atoms with E-state index < -0.39 is 0 Å². The molecule has 0 atom stereocenters. The van der Waals surface area contributed by atoms with E-state index in [0.717, 1.165) is 131 Å². The molecule has 0 saturated carbocycles. The number of rotatable bonds is 30. The maximum absolute atomic E-state index is 6.67. The summed E-state index contributed by atoms with van der Waals surface area (Å²) in [5.74, 6) is 17.6. The predicted octanol–water partition coefficient (Wildman–Crippen LogP) is 16.8. The molecular formula is C56H80O4. The monoisotopic (exact) mass is 817 g/mol. The number of hydrogen-bond acceptors (Lipinski definition) is 4. The molecule has 0 heterocycles. The van der Waals surface area contributed by atoms with E-state index in [1.807, 2.05) is 0 Å². The van der Waals surface area contributed by atoms with E-state index in [4.69, 9.17) is 18.9 Å². The van der Waals surface area contributed by atoms with E-state index in [1.54, 1.807) is 0 Å². The Kier molecular flexibility index (Phi) is 23.7. The first kappa shape index (κ1) is 48.6. The van der Waals surface area contributed by atoms with Crippen molar-refractivity contribution in [1.82, 2.24) is 0 Å². The van der Waals surface area contributed by atoms with Crippen molar-refractivity contribution in [2.75, 3.05) is 26.4 Å². The Bertz CT molecular complexity index is 1810. The maximum atomic E-state index is 6.67. The Morgan fingerprint density at radius 1 is 0.300 bits per heavy atom. The zero-order valence-corrected chi connectivity index (χ0v) is 38.9. The maximum Gasteiger partial charge on any atom is 0.161 e. The lowest BCUT2D eigenvalue weighted by atomic mass is 9.91. The van der Waals surface area contributed by atoms with Crippen molar-refractivity contribution in [3.8, 4) is 46.7 Å². The largest absolute Gasteiger partial charge is 0.492 e. The molecule has 0 radical (unpaired) electrons. The van der Waals surface area contributed by atoms with Gasteiger partial charge in [0.15, 0.2) is 11.5 Å². The molecule has 0 amide bonds. The lowest BCUT2D eigenvalue weighted by Gasteiger charge is -2.19. The minimum atomic E-state index is 0.671. The number of ether oxygens (including phenoxy) is 4. The highest BCUT2D eigenvalue weighted by atomic mass is 16.5. The molecule has 328 valence electrons. The Morgan fingerprint density at radius 2 is 0.567 bits per heavy atom. The van der Waals surface area contributed by atoms with Crippen LogP contribution in [-0.2, 0) is 0 Å². The highest BCUT2D eigenvalue weighted by Crippen LogP contribution is 2.44. The standard InChI is InChI=1S/C56H80O4/c1-7-13-19-25-27-33-45-39-47-49(41-53(45)57-35-29-21-15-9-3)50-42-54(58-36-30-22-16-10-4)46(34-28-26-20-14-8-2)40-48(50)52-44-56(60-38-32-24-18-12-6)55(43-51(47)52)59-37-31-23-17-11-5/h39-44H,7-26,29-32,35-38H2,1-6H3. The van der Waals surface area contributed by atoms with E-state index in [0.29, 0.717) is 26.4 Å². The third kappa shape index (κ3) is 15.8. The molecule has 4 heteroatoms. The molecule has 4 nitrogen and oxygen atoms in total. The highest BCUT2D eigenvalue weighted by molar-refractivity contribution is 6.26. The third-order valence-corrected chi connectivity index (χ3v) is 11.5. The van der Waals surface area contributed by atoms with Crippen molar-refractivity contribution in [1.29, 1.82) is 0 Å². The highest BCUT2D eigenvalue weighted by Gasteiger charge is 2.19. The molecule has 0 unspecified atom stereocenters. The molecule has 60 heavy (non-hydrogen) atoms. The molecule has 0 fully saturated rings. The zero-order chi connectivity index (χ0) is 42.6. The van der Waals surface area contributed by atoms with Gasteiger partial charge in [0.1, 0.15) is 11.5 Å². The van der Waals surface area contributed by atoms with E-state index in [2.05, 4.69) is 102 Å². The molecule has 0 aromatic heterocycles. The van der Waals surface area contributed by atoms with Gasteiger partial charge in [-0.1, -0.05) is 168 Å². The molecule has 0 bridgehead atoms. The number of unbranched alkanes of at least 4 members (excludes halogenated alkanes) is 18. The summed E-state index contributed by atoms with van der Waals surface area (Å²) in [7, 11) is 0. The zero-order valence-electron chi connectivity index (χ0n) is 38.9. The topological polar surface area (TPSA) is 36.9 Å². The van der Waals surface area contributed by atoms with Crippen LogP contribution >= 0.6 is 0 Å². The van der Waals surface area contributed by atoms with Crippen LogP contribution in [0.4, 0.5) is 0 Å². The fourth-order valence-corrected chi connectivity index (χ4v) is 7.80. The van der Waals surface area contributed by atoms with Crippen LogP contribution in [0, 0.1) is 23.7 Å². The van der Waals surface area contributed by atoms with Gasteiger partial charge >= 0.3 is 0 Å². The molecule has 4 rings (SSSR count). The Labute approximate surface area is 366 Å². The van der Waals surface area contributed by atoms with Crippen LogP contribution in [0.15, 0.2) is 36.4 Å². The van der Waals surface area contributed by atoms with Crippen LogP contribution in [0.2, 0.25) is 0 Å². The molecule has 0 aliphatic carbocycles. The number of hydrogen-bond donors (Lipinski definition) is 0. The van der Waals surface area contributed by atoms with Gasteiger partial charge in [0.05, 0.1) is 37.6 Å². The van der Waals surface area contributed by atoms with Gasteiger partial charge in [0.25, 0.3) is 0 Å². The smallest absolute Gasteiger partial charge is 0.161 e. The van der Waals surface area contributed by atoms with Gasteiger partial charge in [-0.2, -0.15) is 0 Å². The molecule has 4 aromatic carbocycles. The molecule has 0 N–H and O–H groups in total. The van der Waals surface area contributed by atoms with Gasteiger partial charge in [-0.05, 0) is 107 Å². The lowest BCUT2D eigenvalue weighted by molar-refractivity contribution is 0.259. The van der Waals surface area contributed by atoms with Crippen molar-refractivity contribution < 1.29 is 18.9 Å². The minimum Gasteiger partial charge on any atom is -0.492 e. The van der Waals surface area contributed by atoms with Crippen molar-refractivity contribution >= 4 is 32.3 Å². The number of fused-ring (bicyclic) bond motifs is 6. The molecule has 0 spiro atoms. The Balaban J connectivity index is 2.01. The molecule has 0 aliphatic rings. The fraction of sp³-hybridized carbons (Fsp3) is 0.607. The normalized spacial score (nSPS) is 11.1. The quantitative estimate of drug-likeness (QED) is 0.0298. The summed E-state index contributed by atoms with van der Waals surface area (Å²) in [6.45, 7) is 16.2.